The van der Waals surface area contributed by atoms with E-state index in [2.05, 4.69) is 20.0 Å². The molecule has 188 valence electrons. The number of halogens is 2. The molecule has 0 aliphatic carbocycles. The minimum absolute atomic E-state index is 0.00426. The second-order valence-electron chi connectivity index (χ2n) is 8.24. The Morgan fingerprint density at radius 3 is 2.69 bits per heavy atom. The molecular formula is C22H26Cl2N6O4S. The predicted molar refractivity (Wildman–Crippen MR) is 134 cm³/mol. The summed E-state index contributed by atoms with van der Waals surface area (Å²) in [6.45, 7) is 5.38. The predicted octanol–water partition coefficient (Wildman–Crippen LogP) is 4.17. The summed E-state index contributed by atoms with van der Waals surface area (Å²) in [5, 5.41) is 5.37. The molecule has 1 N–H and O–H groups in total. The zero-order valence-corrected chi connectivity index (χ0v) is 22.1. The number of nitrogens with one attached hydrogen (secondary N) is 1. The fourth-order valence-electron chi connectivity index (χ4n) is 4.22. The second kappa shape index (κ2) is 10.7. The molecule has 1 fully saturated rings. The van der Waals surface area contributed by atoms with Gasteiger partial charge in [-0.1, -0.05) is 34.5 Å². The third-order valence-corrected chi connectivity index (χ3v) is 8.08. The van der Waals surface area contributed by atoms with Crippen LogP contribution in [0.15, 0.2) is 6.33 Å². The Hall–Kier alpha value is -2.47. The Balaban J connectivity index is 1.55. The summed E-state index contributed by atoms with van der Waals surface area (Å²) in [4.78, 5) is 39.8. The van der Waals surface area contributed by atoms with E-state index in [4.69, 9.17) is 37.7 Å². The Morgan fingerprint density at radius 2 is 2.09 bits per heavy atom. The summed E-state index contributed by atoms with van der Waals surface area (Å²) in [5.41, 5.74) is 1.43. The van der Waals surface area contributed by atoms with Crippen LogP contribution in [-0.4, -0.2) is 69.4 Å². The van der Waals surface area contributed by atoms with Crippen LogP contribution in [0.1, 0.15) is 45.6 Å². The lowest BCUT2D eigenvalue weighted by atomic mass is 9.88. The highest BCUT2D eigenvalue weighted by atomic mass is 35.5. The molecule has 0 unspecified atom stereocenters. The highest BCUT2D eigenvalue weighted by Gasteiger charge is 2.35. The van der Waals surface area contributed by atoms with Crippen molar-refractivity contribution in [3.8, 4) is 11.5 Å². The molecule has 2 atom stereocenters. The zero-order valence-electron chi connectivity index (χ0n) is 19.8. The minimum Gasteiger partial charge on any atom is -0.465 e. The summed E-state index contributed by atoms with van der Waals surface area (Å²) in [7, 11) is 3.07. The number of methoxy groups -OCH3 is 1. The second-order valence-corrected chi connectivity index (χ2v) is 9.98. The van der Waals surface area contributed by atoms with Crippen molar-refractivity contribution in [2.75, 3.05) is 31.7 Å². The van der Waals surface area contributed by atoms with Crippen LogP contribution in [0.2, 0.25) is 10.0 Å². The first-order chi connectivity index (χ1) is 16.7. The number of carbonyl (C=O) groups is 2. The largest absolute Gasteiger partial charge is 0.465 e. The molecular weight excluding hydrogens is 515 g/mol. The fraction of sp³-hybridized carbons (Fsp3) is 0.500. The molecule has 1 aliphatic rings. The first kappa shape index (κ1) is 25.6. The number of anilines is 1. The van der Waals surface area contributed by atoms with Crippen LogP contribution in [0.25, 0.3) is 11.5 Å². The third kappa shape index (κ3) is 5.09. The van der Waals surface area contributed by atoms with Gasteiger partial charge in [-0.25, -0.2) is 19.4 Å². The Kier molecular flexibility index (Phi) is 7.80. The molecule has 4 rings (SSSR count). The van der Waals surface area contributed by atoms with Gasteiger partial charge in [-0.2, -0.15) is 5.10 Å². The van der Waals surface area contributed by atoms with Crippen molar-refractivity contribution in [3.05, 3.63) is 32.6 Å². The third-order valence-electron chi connectivity index (χ3n) is 6.04. The summed E-state index contributed by atoms with van der Waals surface area (Å²) in [6, 6.07) is 0. The number of hydrogen-bond acceptors (Lipinski definition) is 9. The maximum Gasteiger partial charge on any atom is 0.350 e. The summed E-state index contributed by atoms with van der Waals surface area (Å²) in [6.07, 6.45) is 2.19. The van der Waals surface area contributed by atoms with Crippen molar-refractivity contribution >= 4 is 51.4 Å². The lowest BCUT2D eigenvalue weighted by molar-refractivity contribution is 0.0103. The molecule has 3 aromatic rings. The van der Waals surface area contributed by atoms with Crippen LogP contribution in [0, 0.1) is 12.8 Å². The van der Waals surface area contributed by atoms with Gasteiger partial charge in [-0.3, -0.25) is 4.79 Å². The van der Waals surface area contributed by atoms with Crippen LogP contribution in [-0.2, 0) is 16.5 Å². The fourth-order valence-corrected chi connectivity index (χ4v) is 5.67. The van der Waals surface area contributed by atoms with Crippen LogP contribution in [0.3, 0.4) is 0 Å². The van der Waals surface area contributed by atoms with E-state index in [1.54, 1.807) is 18.7 Å². The van der Waals surface area contributed by atoms with Gasteiger partial charge in [0.05, 0.1) is 23.3 Å². The molecule has 10 nitrogen and oxygen atoms in total. The Bertz CT molecular complexity index is 1240. The number of piperidine rings is 1. The Labute approximate surface area is 216 Å². The van der Waals surface area contributed by atoms with Crippen LogP contribution >= 0.6 is 34.5 Å². The lowest BCUT2D eigenvalue weighted by Crippen LogP contribution is -2.46. The molecule has 3 aromatic heterocycles. The normalized spacial score (nSPS) is 18.2. The van der Waals surface area contributed by atoms with E-state index in [9.17, 15) is 9.59 Å². The molecule has 0 amide bonds. The lowest BCUT2D eigenvalue weighted by Gasteiger charge is -2.38. The maximum absolute atomic E-state index is 13.0. The SMILES string of the molecule is CCO[C@H]1CN(c2nc(-c3ncnn3C)c(C(=O)OC)s2)CC[C@H]1CC(=O)c1[nH]c(C)c(Cl)c1Cl. The van der Waals surface area contributed by atoms with Crippen molar-refractivity contribution in [1.82, 2.24) is 24.7 Å². The highest BCUT2D eigenvalue weighted by molar-refractivity contribution is 7.17. The van der Waals surface area contributed by atoms with E-state index in [1.165, 1.54) is 24.8 Å². The van der Waals surface area contributed by atoms with Gasteiger partial charge in [-0.05, 0) is 26.2 Å². The topological polar surface area (TPSA) is 115 Å². The molecule has 0 bridgehead atoms. The number of nitrogens with zero attached hydrogens (tertiary/aromatic N) is 5. The van der Waals surface area contributed by atoms with Gasteiger partial charge in [0.15, 0.2) is 16.7 Å². The van der Waals surface area contributed by atoms with Gasteiger partial charge in [-0.15, -0.1) is 0 Å². The summed E-state index contributed by atoms with van der Waals surface area (Å²) >= 11 is 13.6. The number of aromatic nitrogens is 5. The number of Topliss-reactive ketones (excluding diaryl/α,β-unsaturated/α-hetero) is 1. The number of aromatic amines is 1. The van der Waals surface area contributed by atoms with Gasteiger partial charge in [0.2, 0.25) is 0 Å². The van der Waals surface area contributed by atoms with Gasteiger partial charge >= 0.3 is 5.97 Å². The smallest absolute Gasteiger partial charge is 0.350 e. The number of H-pyrrole nitrogens is 1. The summed E-state index contributed by atoms with van der Waals surface area (Å²) in [5.74, 6) is -0.104. The first-order valence-electron chi connectivity index (χ1n) is 11.1. The van der Waals surface area contributed by atoms with Crippen LogP contribution in [0.5, 0.6) is 0 Å². The van der Waals surface area contributed by atoms with Crippen LogP contribution < -0.4 is 4.90 Å². The summed E-state index contributed by atoms with van der Waals surface area (Å²) < 4.78 is 12.6. The van der Waals surface area contributed by atoms with E-state index >= 15 is 0 Å². The average molecular weight is 541 g/mol. The first-order valence-corrected chi connectivity index (χ1v) is 12.7. The highest BCUT2D eigenvalue weighted by Crippen LogP contribution is 2.37. The molecule has 13 heteroatoms. The number of rotatable bonds is 8. The maximum atomic E-state index is 13.0. The van der Waals surface area contributed by atoms with Crippen LogP contribution in [0.4, 0.5) is 5.13 Å². The monoisotopic (exact) mass is 540 g/mol. The van der Waals surface area contributed by atoms with Gasteiger partial charge < -0.3 is 19.4 Å². The molecule has 0 spiro atoms. The zero-order chi connectivity index (χ0) is 25.3. The van der Waals surface area contributed by atoms with Crippen molar-refractivity contribution in [3.63, 3.8) is 0 Å². The van der Waals surface area contributed by atoms with E-state index in [-0.39, 0.29) is 29.2 Å². The minimum atomic E-state index is -0.481. The van der Waals surface area contributed by atoms with E-state index in [0.29, 0.717) is 64.1 Å². The number of thiazole rings is 1. The quantitative estimate of drug-likeness (QED) is 0.334. The molecule has 0 radical (unpaired) electrons. The standard InChI is InChI=1S/C22H26Cl2N6O4S/c1-5-34-14-9-30(7-6-12(14)8-13(31)17-16(24)15(23)11(2)27-17)22-28-18(19(35-22)21(32)33-4)20-25-10-26-29(20)3/h10,12,14,27H,5-9H2,1-4H3/t12-,14-/m0/s1. The number of hydrogen-bond donors (Lipinski definition) is 1. The molecule has 35 heavy (non-hydrogen) atoms. The molecule has 0 aromatic carbocycles. The number of ether oxygens (including phenoxy) is 2. The Morgan fingerprint density at radius 1 is 1.31 bits per heavy atom. The van der Waals surface area contributed by atoms with Crippen molar-refractivity contribution < 1.29 is 19.1 Å². The van der Waals surface area contributed by atoms with Gasteiger partial charge in [0.25, 0.3) is 0 Å². The van der Waals surface area contributed by atoms with Crippen molar-refractivity contribution in [1.29, 1.82) is 0 Å². The van der Waals surface area contributed by atoms with E-state index in [0.717, 1.165) is 0 Å². The van der Waals surface area contributed by atoms with E-state index < -0.39 is 5.97 Å². The van der Waals surface area contributed by atoms with Gasteiger partial charge in [0, 0.05) is 38.9 Å². The van der Waals surface area contributed by atoms with Crippen molar-refractivity contribution in [2.24, 2.45) is 13.0 Å². The molecule has 1 saturated heterocycles. The number of esters is 1. The van der Waals surface area contributed by atoms with Crippen molar-refractivity contribution in [2.45, 2.75) is 32.8 Å². The van der Waals surface area contributed by atoms with Gasteiger partial charge in [0.1, 0.15) is 22.6 Å². The molecule has 4 heterocycles. The molecule has 0 saturated carbocycles. The average Bonchev–Trinajstić information content (AvgIpc) is 3.54. The number of ketones is 1. The number of aryl methyl sites for hydroxylation is 2. The van der Waals surface area contributed by atoms with E-state index in [1.807, 2.05) is 6.92 Å². The number of carbonyl (C=O) groups excluding carboxylic acids is 2. The molecule has 1 aliphatic heterocycles.